The Balaban J connectivity index is 2.19. The second-order valence-corrected chi connectivity index (χ2v) is 5.35. The molecule has 2 rings (SSSR count). The Bertz CT molecular complexity index is 544. The van der Waals surface area contributed by atoms with Crippen molar-refractivity contribution in [1.29, 1.82) is 0 Å². The smallest absolute Gasteiger partial charge is 0.230 e. The summed E-state index contributed by atoms with van der Waals surface area (Å²) in [6, 6.07) is 7.91. The van der Waals surface area contributed by atoms with Gasteiger partial charge in [0.1, 0.15) is 5.75 Å². The number of ether oxygens (including phenoxy) is 1. The summed E-state index contributed by atoms with van der Waals surface area (Å²) in [4.78, 5) is 0. The normalized spacial score (nSPS) is 11.0. The third-order valence-electron chi connectivity index (χ3n) is 3.00. The van der Waals surface area contributed by atoms with Gasteiger partial charge in [0.05, 0.1) is 17.9 Å². The molecule has 0 saturated carbocycles. The molecule has 0 fully saturated rings. The zero-order chi connectivity index (χ0) is 14.5. The first-order valence-corrected chi connectivity index (χ1v) is 7.09. The highest BCUT2D eigenvalue weighted by Crippen LogP contribution is 2.31. The summed E-state index contributed by atoms with van der Waals surface area (Å²) in [6.07, 6.45) is 1.87. The van der Waals surface area contributed by atoms with Crippen LogP contribution in [0.4, 0.5) is 5.88 Å². The van der Waals surface area contributed by atoms with E-state index in [1.165, 1.54) is 0 Å². The molecule has 2 aromatic rings. The summed E-state index contributed by atoms with van der Waals surface area (Å²) in [5.41, 5.74) is 8.72. The van der Waals surface area contributed by atoms with E-state index in [4.69, 9.17) is 15.0 Å². The molecule has 0 spiro atoms. The van der Waals surface area contributed by atoms with E-state index in [1.807, 2.05) is 24.3 Å². The fourth-order valence-electron chi connectivity index (χ4n) is 2.03. The van der Waals surface area contributed by atoms with E-state index >= 15 is 0 Å². The minimum atomic E-state index is 0.379. The Morgan fingerprint density at radius 1 is 1.25 bits per heavy atom. The third-order valence-corrected chi connectivity index (χ3v) is 3.00. The summed E-state index contributed by atoms with van der Waals surface area (Å²) in [6.45, 7) is 7.08. The van der Waals surface area contributed by atoms with Gasteiger partial charge < -0.3 is 15.0 Å². The number of hydrogen-bond acceptors (Lipinski definition) is 4. The summed E-state index contributed by atoms with van der Waals surface area (Å²) in [5, 5.41) is 4.03. The van der Waals surface area contributed by atoms with Crippen molar-refractivity contribution >= 4 is 5.88 Å². The largest absolute Gasteiger partial charge is 0.493 e. The standard InChI is InChI=1S/C16H22N2O2/c1-4-5-14-15(16(17)20-18-14)12-6-8-13(9-7-12)19-10-11(2)3/h6-9,11H,4-5,10,17H2,1-3H3. The predicted octanol–water partition coefficient (Wildman–Crippen LogP) is 3.91. The van der Waals surface area contributed by atoms with Crippen LogP contribution in [0.25, 0.3) is 11.1 Å². The van der Waals surface area contributed by atoms with Crippen LogP contribution in [0.5, 0.6) is 5.75 Å². The summed E-state index contributed by atoms with van der Waals surface area (Å²) < 4.78 is 10.8. The van der Waals surface area contributed by atoms with Gasteiger partial charge in [0.25, 0.3) is 0 Å². The molecule has 1 heterocycles. The maximum absolute atomic E-state index is 5.88. The van der Waals surface area contributed by atoms with Crippen LogP contribution in [-0.4, -0.2) is 11.8 Å². The van der Waals surface area contributed by atoms with Gasteiger partial charge in [-0.25, -0.2) is 0 Å². The van der Waals surface area contributed by atoms with Crippen molar-refractivity contribution in [1.82, 2.24) is 5.16 Å². The highest BCUT2D eigenvalue weighted by atomic mass is 16.5. The van der Waals surface area contributed by atoms with Gasteiger partial charge in [-0.1, -0.05) is 44.5 Å². The Labute approximate surface area is 119 Å². The molecule has 4 nitrogen and oxygen atoms in total. The van der Waals surface area contributed by atoms with Crippen LogP contribution in [0.2, 0.25) is 0 Å². The third kappa shape index (κ3) is 3.32. The first-order valence-electron chi connectivity index (χ1n) is 7.09. The van der Waals surface area contributed by atoms with E-state index in [0.29, 0.717) is 11.8 Å². The molecular weight excluding hydrogens is 252 g/mol. The van der Waals surface area contributed by atoms with Crippen molar-refractivity contribution in [3.63, 3.8) is 0 Å². The Morgan fingerprint density at radius 2 is 1.95 bits per heavy atom. The molecule has 4 heteroatoms. The van der Waals surface area contributed by atoms with E-state index in [2.05, 4.69) is 25.9 Å². The van der Waals surface area contributed by atoms with E-state index in [9.17, 15) is 0 Å². The molecule has 0 amide bonds. The zero-order valence-corrected chi connectivity index (χ0v) is 12.3. The maximum atomic E-state index is 5.88. The molecule has 108 valence electrons. The van der Waals surface area contributed by atoms with Gasteiger partial charge in [-0.05, 0) is 30.0 Å². The number of benzene rings is 1. The van der Waals surface area contributed by atoms with Crippen LogP contribution in [0.3, 0.4) is 0 Å². The molecule has 1 aromatic heterocycles. The van der Waals surface area contributed by atoms with Crippen molar-refractivity contribution in [2.75, 3.05) is 12.3 Å². The van der Waals surface area contributed by atoms with Crippen molar-refractivity contribution in [2.45, 2.75) is 33.6 Å². The molecule has 0 radical (unpaired) electrons. The van der Waals surface area contributed by atoms with Gasteiger partial charge in [0, 0.05) is 0 Å². The minimum absolute atomic E-state index is 0.379. The van der Waals surface area contributed by atoms with Crippen molar-refractivity contribution in [3.8, 4) is 16.9 Å². The predicted molar refractivity (Wildman–Crippen MR) is 80.7 cm³/mol. The maximum Gasteiger partial charge on any atom is 0.230 e. The quantitative estimate of drug-likeness (QED) is 0.867. The zero-order valence-electron chi connectivity index (χ0n) is 12.3. The second kappa shape index (κ2) is 6.46. The number of nitrogens with two attached hydrogens (primary N) is 1. The Hall–Kier alpha value is -1.97. The lowest BCUT2D eigenvalue weighted by Crippen LogP contribution is -2.04. The monoisotopic (exact) mass is 274 g/mol. The molecule has 0 saturated heterocycles. The molecule has 0 unspecified atom stereocenters. The molecule has 0 bridgehead atoms. The van der Waals surface area contributed by atoms with Crippen LogP contribution in [0.15, 0.2) is 28.8 Å². The van der Waals surface area contributed by atoms with Crippen LogP contribution in [0, 0.1) is 5.92 Å². The molecular formula is C16H22N2O2. The first-order chi connectivity index (χ1) is 9.61. The SMILES string of the molecule is CCCc1noc(N)c1-c1ccc(OCC(C)C)cc1. The molecule has 0 atom stereocenters. The van der Waals surface area contributed by atoms with Gasteiger partial charge in [0.2, 0.25) is 5.88 Å². The van der Waals surface area contributed by atoms with Gasteiger partial charge in [-0.3, -0.25) is 0 Å². The molecule has 0 aliphatic rings. The van der Waals surface area contributed by atoms with Crippen molar-refractivity contribution in [2.24, 2.45) is 5.92 Å². The van der Waals surface area contributed by atoms with E-state index in [0.717, 1.165) is 42.0 Å². The Kier molecular flexibility index (Phi) is 4.66. The lowest BCUT2D eigenvalue weighted by Gasteiger charge is -2.09. The molecule has 20 heavy (non-hydrogen) atoms. The lowest BCUT2D eigenvalue weighted by molar-refractivity contribution is 0.271. The fourth-order valence-corrected chi connectivity index (χ4v) is 2.03. The molecule has 2 N–H and O–H groups in total. The number of nitrogens with zero attached hydrogens (tertiary/aromatic N) is 1. The highest BCUT2D eigenvalue weighted by Gasteiger charge is 2.14. The summed E-state index contributed by atoms with van der Waals surface area (Å²) in [5.74, 6) is 1.76. The number of hydrogen-bond donors (Lipinski definition) is 1. The summed E-state index contributed by atoms with van der Waals surface area (Å²) in [7, 11) is 0. The van der Waals surface area contributed by atoms with Gasteiger partial charge in [0.15, 0.2) is 0 Å². The number of rotatable bonds is 6. The van der Waals surface area contributed by atoms with Crippen molar-refractivity contribution in [3.05, 3.63) is 30.0 Å². The van der Waals surface area contributed by atoms with E-state index < -0.39 is 0 Å². The fraction of sp³-hybridized carbons (Fsp3) is 0.438. The average molecular weight is 274 g/mol. The number of anilines is 1. The van der Waals surface area contributed by atoms with E-state index in [-0.39, 0.29) is 0 Å². The number of aryl methyl sites for hydroxylation is 1. The topological polar surface area (TPSA) is 61.3 Å². The van der Waals surface area contributed by atoms with Crippen LogP contribution < -0.4 is 10.5 Å². The van der Waals surface area contributed by atoms with E-state index in [1.54, 1.807) is 0 Å². The molecule has 0 aliphatic heterocycles. The van der Waals surface area contributed by atoms with Crippen LogP contribution >= 0.6 is 0 Å². The Morgan fingerprint density at radius 3 is 2.55 bits per heavy atom. The lowest BCUT2D eigenvalue weighted by atomic mass is 10.0. The van der Waals surface area contributed by atoms with Gasteiger partial charge in [-0.2, -0.15) is 0 Å². The molecule has 0 aliphatic carbocycles. The first kappa shape index (κ1) is 14.4. The second-order valence-electron chi connectivity index (χ2n) is 5.35. The van der Waals surface area contributed by atoms with Crippen LogP contribution in [-0.2, 0) is 6.42 Å². The average Bonchev–Trinajstić information content (AvgIpc) is 2.79. The highest BCUT2D eigenvalue weighted by molar-refractivity contribution is 5.75. The van der Waals surface area contributed by atoms with Crippen LogP contribution in [0.1, 0.15) is 32.9 Å². The number of nitrogen functional groups attached to an aromatic ring is 1. The van der Waals surface area contributed by atoms with Gasteiger partial charge >= 0.3 is 0 Å². The number of aromatic nitrogens is 1. The molecule has 1 aromatic carbocycles. The summed E-state index contributed by atoms with van der Waals surface area (Å²) >= 11 is 0. The van der Waals surface area contributed by atoms with Gasteiger partial charge in [-0.15, -0.1) is 0 Å². The minimum Gasteiger partial charge on any atom is -0.493 e. The van der Waals surface area contributed by atoms with Crippen molar-refractivity contribution < 1.29 is 9.26 Å².